The van der Waals surface area contributed by atoms with Gasteiger partial charge in [-0.15, -0.1) is 23.2 Å². The van der Waals surface area contributed by atoms with Crippen LogP contribution in [0.1, 0.15) is 12.8 Å². The van der Waals surface area contributed by atoms with Gasteiger partial charge in [-0.3, -0.25) is 0 Å². The Labute approximate surface area is 175 Å². The molecule has 0 fully saturated rings. The van der Waals surface area contributed by atoms with Gasteiger partial charge >= 0.3 is 41.7 Å². The van der Waals surface area contributed by atoms with Crippen LogP contribution in [0.5, 0.6) is 0 Å². The summed E-state index contributed by atoms with van der Waals surface area (Å²) >= 11 is 11.6. The third kappa shape index (κ3) is 4.87. The zero-order chi connectivity index (χ0) is 24.1. The van der Waals surface area contributed by atoms with Crippen LogP contribution in [-0.4, -0.2) is 50.5 Å². The summed E-state index contributed by atoms with van der Waals surface area (Å²) in [5, 5.41) is -2.23. The Kier molecular flexibility index (Phi) is 8.39. The summed E-state index contributed by atoms with van der Waals surface area (Å²) in [6.45, 7) is 0. The maximum Gasteiger partial charge on any atom is 0.460 e. The minimum atomic E-state index is -8.29. The van der Waals surface area contributed by atoms with Crippen LogP contribution in [-0.2, 0) is 0 Å². The fourth-order valence-corrected chi connectivity index (χ4v) is 3.27. The molecule has 2 atom stereocenters. The van der Waals surface area contributed by atoms with Crippen LogP contribution in [0.25, 0.3) is 0 Å². The Hall–Kier alpha value is 0.260. The lowest BCUT2D eigenvalue weighted by atomic mass is 9.89. The van der Waals surface area contributed by atoms with E-state index < -0.39 is 63.3 Å². The number of alkyl halides is 18. The van der Waals surface area contributed by atoms with Gasteiger partial charge < -0.3 is 0 Å². The molecule has 0 aliphatic rings. The van der Waals surface area contributed by atoms with Crippen LogP contribution in [0.15, 0.2) is 0 Å². The summed E-state index contributed by atoms with van der Waals surface area (Å²) in [7, 11) is 0. The molecule has 0 rings (SSSR count). The van der Waals surface area contributed by atoms with Crippen molar-refractivity contribution >= 4 is 45.8 Å². The zero-order valence-electron chi connectivity index (χ0n) is 12.9. The predicted octanol–water partition coefficient (Wildman–Crippen LogP) is 7.75. The first kappa shape index (κ1) is 29.3. The molecule has 0 aliphatic carbocycles. The van der Waals surface area contributed by atoms with Crippen molar-refractivity contribution in [1.82, 2.24) is 0 Å². The van der Waals surface area contributed by atoms with Crippen molar-refractivity contribution in [2.24, 2.45) is 0 Å². The molecule has 0 bridgehead atoms. The highest BCUT2D eigenvalue weighted by Crippen LogP contribution is 2.62. The maximum atomic E-state index is 13.5. The minimum absolute atomic E-state index is 0.820. The fraction of sp³-hybridized carbons (Fsp3) is 1.00. The highest BCUT2D eigenvalue weighted by Gasteiger charge is 2.93. The average Bonchev–Trinajstić information content (AvgIpc) is 2.43. The van der Waals surface area contributed by atoms with Crippen LogP contribution in [0, 0.1) is 0 Å². The van der Waals surface area contributed by atoms with Crippen LogP contribution in [0.3, 0.4) is 0 Å². The van der Waals surface area contributed by atoms with Crippen LogP contribution in [0.2, 0.25) is 0 Å². The lowest BCUT2D eigenvalue weighted by Crippen LogP contribution is -2.72. The minimum Gasteiger partial charge on any atom is -0.200 e. The monoisotopic (exact) mass is 620 g/mol. The van der Waals surface area contributed by atoms with Gasteiger partial charge in [0.2, 0.25) is 0 Å². The van der Waals surface area contributed by atoms with Gasteiger partial charge in [-0.1, -0.05) is 22.6 Å². The third-order valence-corrected chi connectivity index (χ3v) is 4.32. The van der Waals surface area contributed by atoms with E-state index in [9.17, 15) is 65.9 Å². The smallest absolute Gasteiger partial charge is 0.200 e. The maximum absolute atomic E-state index is 13.5. The molecule has 0 saturated carbocycles. The van der Waals surface area contributed by atoms with Gasteiger partial charge in [0, 0.05) is 11.8 Å². The molecular weight excluding hydrogens is 615 g/mol. The molecule has 2 unspecified atom stereocenters. The van der Waals surface area contributed by atoms with Crippen LogP contribution >= 0.6 is 45.8 Å². The molecule has 0 spiro atoms. The van der Waals surface area contributed by atoms with Gasteiger partial charge in [0.1, 0.15) is 0 Å². The van der Waals surface area contributed by atoms with Gasteiger partial charge in [-0.2, -0.15) is 65.9 Å². The average molecular weight is 621 g/mol. The first-order chi connectivity index (χ1) is 12.3. The Balaban J connectivity index is 6.29. The van der Waals surface area contributed by atoms with Crippen molar-refractivity contribution in [3.05, 3.63) is 0 Å². The molecule has 0 aromatic rings. The van der Waals surface area contributed by atoms with Gasteiger partial charge in [-0.05, 0) is 6.42 Å². The second kappa shape index (κ2) is 8.31. The molecule has 0 heterocycles. The Morgan fingerprint density at radius 3 is 1.17 bits per heavy atom. The van der Waals surface area contributed by atoms with Crippen molar-refractivity contribution in [2.45, 2.75) is 63.3 Å². The lowest BCUT2D eigenvalue weighted by Gasteiger charge is -2.41. The SMILES string of the molecule is FC(F)(F)C(F)(F)C(F)(F)C(F)(F)C(F)(F)C(F)(F)C(F)(F)CC(Cl)CC(Cl)I. The molecule has 0 amide bonds. The summed E-state index contributed by atoms with van der Waals surface area (Å²) in [6, 6.07) is 0. The highest BCUT2D eigenvalue weighted by atomic mass is 127. The molecule has 0 aromatic carbocycles. The van der Waals surface area contributed by atoms with E-state index in [-0.39, 0.29) is 0 Å². The molecule has 176 valence electrons. The van der Waals surface area contributed by atoms with Crippen molar-refractivity contribution < 1.29 is 65.9 Å². The van der Waals surface area contributed by atoms with Crippen LogP contribution < -0.4 is 0 Å². The van der Waals surface area contributed by atoms with E-state index in [1.54, 1.807) is 0 Å². The zero-order valence-corrected chi connectivity index (χ0v) is 16.5. The largest absolute Gasteiger partial charge is 0.460 e. The molecule has 0 nitrogen and oxygen atoms in total. The van der Waals surface area contributed by atoms with E-state index in [4.69, 9.17) is 23.2 Å². The predicted molar refractivity (Wildman–Crippen MR) is 78.3 cm³/mol. The third-order valence-electron chi connectivity index (χ3n) is 3.30. The van der Waals surface area contributed by atoms with Crippen molar-refractivity contribution in [1.29, 1.82) is 0 Å². The number of rotatable bonds is 9. The second-order valence-electron chi connectivity index (χ2n) is 5.50. The summed E-state index contributed by atoms with van der Waals surface area (Å²) in [5.74, 6) is -46.5. The second-order valence-corrected chi connectivity index (χ2v) is 8.89. The summed E-state index contributed by atoms with van der Waals surface area (Å²) in [6.07, 6.45) is -11.0. The van der Waals surface area contributed by atoms with Gasteiger partial charge in [0.15, 0.2) is 0 Å². The molecular formula is C11H6Cl2F15I. The molecule has 0 aromatic heterocycles. The molecule has 18 heteroatoms. The summed E-state index contributed by atoms with van der Waals surface area (Å²) in [5.41, 5.74) is 0. The Morgan fingerprint density at radius 1 is 0.552 bits per heavy atom. The first-order valence-corrected chi connectivity index (χ1v) is 8.69. The number of hydrogen-bond acceptors (Lipinski definition) is 0. The van der Waals surface area contributed by atoms with Crippen molar-refractivity contribution in [2.75, 3.05) is 0 Å². The quantitative estimate of drug-likeness (QED) is 0.141. The summed E-state index contributed by atoms with van der Waals surface area (Å²) < 4.78 is 193. The molecule has 0 aliphatic heterocycles. The standard InChI is InChI=1S/C11H6Cl2F15I/c12-3(1-4(13)29)2-5(14,15)6(16,17)7(18,19)8(20,21)9(22,23)10(24,25)11(26,27)28/h3-4H,1-2H2. The molecule has 0 N–H and O–H groups in total. The lowest BCUT2D eigenvalue weighted by molar-refractivity contribution is -0.452. The fourth-order valence-electron chi connectivity index (χ4n) is 1.68. The topological polar surface area (TPSA) is 0 Å². The summed E-state index contributed by atoms with van der Waals surface area (Å²) in [4.78, 5) is 0. The van der Waals surface area contributed by atoms with Gasteiger partial charge in [0.25, 0.3) is 0 Å². The highest BCUT2D eigenvalue weighted by molar-refractivity contribution is 14.1. The van der Waals surface area contributed by atoms with E-state index in [0.29, 0.717) is 0 Å². The normalized spacial score (nSPS) is 18.0. The van der Waals surface area contributed by atoms with E-state index in [1.165, 1.54) is 22.6 Å². The van der Waals surface area contributed by atoms with Crippen molar-refractivity contribution in [3.8, 4) is 0 Å². The Bertz CT molecular complexity index is 571. The molecule has 29 heavy (non-hydrogen) atoms. The van der Waals surface area contributed by atoms with E-state index >= 15 is 0 Å². The van der Waals surface area contributed by atoms with Gasteiger partial charge in [0.05, 0.1) is 3.38 Å². The van der Waals surface area contributed by atoms with Gasteiger partial charge in [-0.25, -0.2) is 0 Å². The number of halogens is 18. The van der Waals surface area contributed by atoms with E-state index in [0.717, 1.165) is 0 Å². The Morgan fingerprint density at radius 2 is 0.862 bits per heavy atom. The van der Waals surface area contributed by atoms with Crippen LogP contribution in [0.4, 0.5) is 65.9 Å². The van der Waals surface area contributed by atoms with Crippen molar-refractivity contribution in [3.63, 3.8) is 0 Å². The van der Waals surface area contributed by atoms with E-state index in [1.807, 2.05) is 0 Å². The first-order valence-electron chi connectivity index (χ1n) is 6.57. The number of hydrogen-bond donors (Lipinski definition) is 0. The molecule has 0 saturated heterocycles. The molecule has 0 radical (unpaired) electrons. The van der Waals surface area contributed by atoms with E-state index in [2.05, 4.69) is 0 Å².